The predicted octanol–water partition coefficient (Wildman–Crippen LogP) is 4.50. The van der Waals surface area contributed by atoms with Crippen LogP contribution in [0.5, 0.6) is 5.75 Å². The SMILES string of the molecule is CCc1nc2c(O)cc(N3CCOCC3)cc2n1Cc1cccc(Cl)c1Cl. The van der Waals surface area contributed by atoms with E-state index >= 15 is 0 Å². The van der Waals surface area contributed by atoms with Crippen molar-refractivity contribution in [3.05, 3.63) is 51.8 Å². The molecule has 1 saturated heterocycles. The van der Waals surface area contributed by atoms with Crippen molar-refractivity contribution in [1.29, 1.82) is 0 Å². The maximum atomic E-state index is 10.6. The van der Waals surface area contributed by atoms with E-state index < -0.39 is 0 Å². The fraction of sp³-hybridized carbons (Fsp3) is 0.350. The maximum Gasteiger partial charge on any atom is 0.145 e. The average molecular weight is 406 g/mol. The van der Waals surface area contributed by atoms with Gasteiger partial charge in [-0.1, -0.05) is 42.3 Å². The number of aromatic nitrogens is 2. The van der Waals surface area contributed by atoms with Gasteiger partial charge in [0.2, 0.25) is 0 Å². The van der Waals surface area contributed by atoms with Crippen LogP contribution >= 0.6 is 23.2 Å². The minimum atomic E-state index is 0.194. The third-order valence-electron chi connectivity index (χ3n) is 4.95. The summed E-state index contributed by atoms with van der Waals surface area (Å²) in [5.41, 5.74) is 3.41. The third kappa shape index (κ3) is 3.47. The smallest absolute Gasteiger partial charge is 0.145 e. The van der Waals surface area contributed by atoms with Gasteiger partial charge in [-0.25, -0.2) is 4.98 Å². The Morgan fingerprint density at radius 1 is 1.19 bits per heavy atom. The van der Waals surface area contributed by atoms with Crippen molar-refractivity contribution in [1.82, 2.24) is 9.55 Å². The standard InChI is InChI=1S/C20H21Cl2N3O2/c1-2-18-23-20-16(25(18)12-13-4-3-5-15(21)19(13)22)10-14(11-17(20)26)24-6-8-27-9-7-24/h3-5,10-11,26H,2,6-9,12H2,1H3. The van der Waals surface area contributed by atoms with Crippen LogP contribution in [0, 0.1) is 0 Å². The summed E-state index contributed by atoms with van der Waals surface area (Å²) >= 11 is 12.6. The zero-order valence-electron chi connectivity index (χ0n) is 15.1. The molecule has 27 heavy (non-hydrogen) atoms. The number of phenols is 1. The van der Waals surface area contributed by atoms with Gasteiger partial charge in [-0.15, -0.1) is 0 Å². The first-order valence-corrected chi connectivity index (χ1v) is 9.81. The number of phenolic OH excluding ortho intramolecular Hbond substituents is 1. The lowest BCUT2D eigenvalue weighted by atomic mass is 10.2. The first kappa shape index (κ1) is 18.4. The molecule has 2 aromatic carbocycles. The van der Waals surface area contributed by atoms with E-state index in [-0.39, 0.29) is 5.75 Å². The molecule has 4 rings (SSSR count). The Hall–Kier alpha value is -1.95. The summed E-state index contributed by atoms with van der Waals surface area (Å²) in [6.07, 6.45) is 0.749. The number of nitrogens with zero attached hydrogens (tertiary/aromatic N) is 3. The molecule has 0 amide bonds. The van der Waals surface area contributed by atoms with Crippen LogP contribution in [-0.2, 0) is 17.7 Å². The highest BCUT2D eigenvalue weighted by Crippen LogP contribution is 2.33. The van der Waals surface area contributed by atoms with E-state index in [1.54, 1.807) is 12.1 Å². The zero-order chi connectivity index (χ0) is 19.0. The second-order valence-corrected chi connectivity index (χ2v) is 7.40. The van der Waals surface area contributed by atoms with Gasteiger partial charge in [0.05, 0.1) is 35.3 Å². The fourth-order valence-corrected chi connectivity index (χ4v) is 3.91. The normalized spacial score (nSPS) is 14.9. The van der Waals surface area contributed by atoms with Crippen molar-refractivity contribution in [2.24, 2.45) is 0 Å². The summed E-state index contributed by atoms with van der Waals surface area (Å²) in [7, 11) is 0. The maximum absolute atomic E-state index is 10.6. The van der Waals surface area contributed by atoms with E-state index in [0.29, 0.717) is 35.3 Å². The lowest BCUT2D eigenvalue weighted by Gasteiger charge is -2.29. The van der Waals surface area contributed by atoms with Crippen molar-refractivity contribution >= 4 is 39.9 Å². The quantitative estimate of drug-likeness (QED) is 0.694. The lowest BCUT2D eigenvalue weighted by molar-refractivity contribution is 0.122. The summed E-state index contributed by atoms with van der Waals surface area (Å²) < 4.78 is 7.55. The van der Waals surface area contributed by atoms with Crippen LogP contribution in [0.3, 0.4) is 0 Å². The third-order valence-corrected chi connectivity index (χ3v) is 5.81. The van der Waals surface area contributed by atoms with Gasteiger partial charge in [-0.2, -0.15) is 0 Å². The average Bonchev–Trinajstić information content (AvgIpc) is 3.04. The summed E-state index contributed by atoms with van der Waals surface area (Å²) in [5, 5.41) is 11.7. The lowest BCUT2D eigenvalue weighted by Crippen LogP contribution is -2.36. The molecule has 0 bridgehead atoms. The molecule has 142 valence electrons. The van der Waals surface area contributed by atoms with Crippen LogP contribution in [0.25, 0.3) is 11.0 Å². The van der Waals surface area contributed by atoms with Crippen LogP contribution in [-0.4, -0.2) is 41.0 Å². The molecule has 2 heterocycles. The van der Waals surface area contributed by atoms with Gasteiger partial charge < -0.3 is 19.3 Å². The number of halogens is 2. The number of imidazole rings is 1. The van der Waals surface area contributed by atoms with E-state index in [1.807, 2.05) is 12.1 Å². The number of fused-ring (bicyclic) bond motifs is 1. The molecule has 1 aliphatic heterocycles. The summed E-state index contributed by atoms with van der Waals surface area (Å²) in [6.45, 7) is 5.59. The Morgan fingerprint density at radius 3 is 2.70 bits per heavy atom. The van der Waals surface area contributed by atoms with Crippen LogP contribution in [0.15, 0.2) is 30.3 Å². The van der Waals surface area contributed by atoms with Crippen molar-refractivity contribution in [2.45, 2.75) is 19.9 Å². The molecule has 1 fully saturated rings. The van der Waals surface area contributed by atoms with Gasteiger partial charge in [-0.05, 0) is 17.7 Å². The molecule has 3 aromatic rings. The molecule has 5 nitrogen and oxygen atoms in total. The molecule has 1 aromatic heterocycles. The van der Waals surface area contributed by atoms with Crippen LogP contribution in [0.2, 0.25) is 10.0 Å². The van der Waals surface area contributed by atoms with Gasteiger partial charge in [0, 0.05) is 31.3 Å². The number of morpholine rings is 1. The number of anilines is 1. The van der Waals surface area contributed by atoms with Crippen LogP contribution in [0.4, 0.5) is 5.69 Å². The molecule has 1 N–H and O–H groups in total. The van der Waals surface area contributed by atoms with Gasteiger partial charge >= 0.3 is 0 Å². The van der Waals surface area contributed by atoms with Gasteiger partial charge in [0.1, 0.15) is 17.1 Å². The van der Waals surface area contributed by atoms with E-state index in [2.05, 4.69) is 27.4 Å². The Bertz CT molecular complexity index is 981. The number of rotatable bonds is 4. The van der Waals surface area contributed by atoms with E-state index in [0.717, 1.165) is 42.1 Å². The molecule has 0 spiro atoms. The van der Waals surface area contributed by atoms with Crippen molar-refractivity contribution < 1.29 is 9.84 Å². The Kier molecular flexibility index (Phi) is 5.17. The molecule has 0 aliphatic carbocycles. The number of benzene rings is 2. The molecule has 7 heteroatoms. The monoisotopic (exact) mass is 405 g/mol. The van der Waals surface area contributed by atoms with Crippen molar-refractivity contribution in [2.75, 3.05) is 31.2 Å². The number of ether oxygens (including phenoxy) is 1. The molecular weight excluding hydrogens is 385 g/mol. The van der Waals surface area contributed by atoms with Crippen LogP contribution in [0.1, 0.15) is 18.3 Å². The topological polar surface area (TPSA) is 50.5 Å². The summed E-state index contributed by atoms with van der Waals surface area (Å²) in [5.74, 6) is 1.09. The van der Waals surface area contributed by atoms with Crippen molar-refractivity contribution in [3.63, 3.8) is 0 Å². The number of aromatic hydroxyl groups is 1. The molecule has 0 saturated carbocycles. The molecular formula is C20H21Cl2N3O2. The second-order valence-electron chi connectivity index (χ2n) is 6.61. The predicted molar refractivity (Wildman–Crippen MR) is 109 cm³/mol. The molecule has 0 unspecified atom stereocenters. The second kappa shape index (κ2) is 7.58. The van der Waals surface area contributed by atoms with Gasteiger partial charge in [0.15, 0.2) is 0 Å². The minimum absolute atomic E-state index is 0.194. The highest BCUT2D eigenvalue weighted by atomic mass is 35.5. The largest absolute Gasteiger partial charge is 0.506 e. The fourth-order valence-electron chi connectivity index (χ4n) is 3.53. The highest BCUT2D eigenvalue weighted by Gasteiger charge is 2.19. The van der Waals surface area contributed by atoms with Crippen molar-refractivity contribution in [3.8, 4) is 5.75 Å². The summed E-state index contributed by atoms with van der Waals surface area (Å²) in [6, 6.07) is 9.51. The first-order chi connectivity index (χ1) is 13.1. The Balaban J connectivity index is 1.82. The van der Waals surface area contributed by atoms with Gasteiger partial charge in [-0.3, -0.25) is 0 Å². The first-order valence-electron chi connectivity index (χ1n) is 9.06. The van der Waals surface area contributed by atoms with Crippen LogP contribution < -0.4 is 4.90 Å². The van der Waals surface area contributed by atoms with E-state index in [4.69, 9.17) is 27.9 Å². The van der Waals surface area contributed by atoms with E-state index in [1.165, 1.54) is 0 Å². The molecule has 1 aliphatic rings. The van der Waals surface area contributed by atoms with Gasteiger partial charge in [0.25, 0.3) is 0 Å². The minimum Gasteiger partial charge on any atom is -0.506 e. The Labute approximate surface area is 168 Å². The molecule has 0 radical (unpaired) electrons. The summed E-state index contributed by atoms with van der Waals surface area (Å²) in [4.78, 5) is 6.88. The van der Waals surface area contributed by atoms with E-state index in [9.17, 15) is 5.11 Å². The number of aryl methyl sites for hydroxylation is 1. The highest BCUT2D eigenvalue weighted by molar-refractivity contribution is 6.42. The molecule has 0 atom stereocenters. The number of hydrogen-bond acceptors (Lipinski definition) is 4. The Morgan fingerprint density at radius 2 is 1.96 bits per heavy atom. The number of hydrogen-bond donors (Lipinski definition) is 1. The zero-order valence-corrected chi connectivity index (χ0v) is 16.6.